The van der Waals surface area contributed by atoms with E-state index in [-0.39, 0.29) is 12.5 Å². The van der Waals surface area contributed by atoms with Crippen molar-refractivity contribution in [3.63, 3.8) is 0 Å². The molecule has 0 aromatic rings. The minimum absolute atomic E-state index is 0.0612. The molecule has 3 N–H and O–H groups in total. The average Bonchev–Trinajstić information content (AvgIpc) is 3.20. The Hall–Kier alpha value is -1.39. The van der Waals surface area contributed by atoms with Crippen molar-refractivity contribution in [2.45, 2.75) is 283 Å². The summed E-state index contributed by atoms with van der Waals surface area (Å²) in [7, 11) is 0. The van der Waals surface area contributed by atoms with Crippen LogP contribution in [-0.2, 0) is 4.79 Å². The Balaban J connectivity index is 3.47. The summed E-state index contributed by atoms with van der Waals surface area (Å²) in [6.45, 7) is 4.31. The van der Waals surface area contributed by atoms with Gasteiger partial charge in [0.2, 0.25) is 5.91 Å². The van der Waals surface area contributed by atoms with Gasteiger partial charge in [-0.05, 0) is 51.4 Å². The van der Waals surface area contributed by atoms with Gasteiger partial charge in [0.1, 0.15) is 0 Å². The zero-order valence-corrected chi connectivity index (χ0v) is 37.9. The molecule has 0 aliphatic heterocycles. The standard InChI is InChI=1S/C52H99NO3/c1-3-5-7-9-11-13-15-17-19-20-21-22-23-24-25-26-27-28-29-30-31-32-34-36-38-40-42-44-46-48-52(56)53-50(49-54)51(55)47-45-43-41-39-37-35-33-18-16-14-12-10-8-6-4-2/h15,17,20-21,45,47,50-51,54-55H,3-14,16,18-19,22-44,46,48-49H2,1-2H3,(H,53,56)/b17-15-,21-20-,47-45+. The first kappa shape index (κ1) is 54.6. The highest BCUT2D eigenvalue weighted by Gasteiger charge is 2.18. The first-order valence-electron chi connectivity index (χ1n) is 25.2. The van der Waals surface area contributed by atoms with Crippen LogP contribution in [0.5, 0.6) is 0 Å². The molecule has 0 heterocycles. The summed E-state index contributed by atoms with van der Waals surface area (Å²) in [4.78, 5) is 12.4. The molecule has 4 heteroatoms. The lowest BCUT2D eigenvalue weighted by atomic mass is 10.0. The minimum atomic E-state index is -0.837. The summed E-state index contributed by atoms with van der Waals surface area (Å²) in [5.74, 6) is -0.0612. The highest BCUT2D eigenvalue weighted by Crippen LogP contribution is 2.16. The molecule has 330 valence electrons. The lowest BCUT2D eigenvalue weighted by Crippen LogP contribution is -2.45. The SMILES string of the molecule is CCCCCCC/C=C\C/C=C\CCCCCCCCCCCCCCCCCCCC(=O)NC(CO)C(O)/C=C/CCCCCCCCCCCCCCC. The normalized spacial score (nSPS) is 13.1. The molecule has 2 atom stereocenters. The van der Waals surface area contributed by atoms with Gasteiger partial charge >= 0.3 is 0 Å². The van der Waals surface area contributed by atoms with Gasteiger partial charge < -0.3 is 15.5 Å². The summed E-state index contributed by atoms with van der Waals surface area (Å²) in [5, 5.41) is 23.1. The number of aliphatic hydroxyl groups excluding tert-OH is 2. The Kier molecular flexibility index (Phi) is 46.8. The highest BCUT2D eigenvalue weighted by molar-refractivity contribution is 5.76. The van der Waals surface area contributed by atoms with Gasteiger partial charge in [0.15, 0.2) is 0 Å². The van der Waals surface area contributed by atoms with Gasteiger partial charge in [0.05, 0.1) is 18.8 Å². The molecule has 56 heavy (non-hydrogen) atoms. The van der Waals surface area contributed by atoms with Gasteiger partial charge in [0.25, 0.3) is 0 Å². The third-order valence-electron chi connectivity index (χ3n) is 11.6. The number of allylic oxidation sites excluding steroid dienone is 5. The molecule has 2 unspecified atom stereocenters. The number of carbonyl (C=O) groups is 1. The van der Waals surface area contributed by atoms with Crippen LogP contribution in [-0.4, -0.2) is 34.9 Å². The van der Waals surface area contributed by atoms with E-state index < -0.39 is 12.1 Å². The van der Waals surface area contributed by atoms with Gasteiger partial charge in [-0.1, -0.05) is 249 Å². The lowest BCUT2D eigenvalue weighted by molar-refractivity contribution is -0.123. The molecule has 4 nitrogen and oxygen atoms in total. The van der Waals surface area contributed by atoms with Crippen LogP contribution >= 0.6 is 0 Å². The Labute approximate surface area is 351 Å². The zero-order valence-electron chi connectivity index (χ0n) is 37.9. The predicted octanol–water partition coefficient (Wildman–Crippen LogP) is 16.1. The van der Waals surface area contributed by atoms with Crippen LogP contribution in [0.3, 0.4) is 0 Å². The number of rotatable bonds is 46. The maximum absolute atomic E-state index is 12.4. The fraction of sp³-hybridized carbons (Fsp3) is 0.865. The van der Waals surface area contributed by atoms with Crippen LogP contribution in [0.4, 0.5) is 0 Å². The smallest absolute Gasteiger partial charge is 0.220 e. The van der Waals surface area contributed by atoms with E-state index in [0.29, 0.717) is 6.42 Å². The van der Waals surface area contributed by atoms with Crippen molar-refractivity contribution in [3.8, 4) is 0 Å². The van der Waals surface area contributed by atoms with E-state index in [2.05, 4.69) is 43.5 Å². The van der Waals surface area contributed by atoms with E-state index in [1.54, 1.807) is 6.08 Å². The van der Waals surface area contributed by atoms with Crippen LogP contribution in [0.25, 0.3) is 0 Å². The van der Waals surface area contributed by atoms with Crippen molar-refractivity contribution < 1.29 is 15.0 Å². The maximum Gasteiger partial charge on any atom is 0.220 e. The Morgan fingerprint density at radius 3 is 1.07 bits per heavy atom. The van der Waals surface area contributed by atoms with E-state index in [4.69, 9.17) is 0 Å². The first-order chi connectivity index (χ1) is 27.7. The molecule has 0 spiro atoms. The monoisotopic (exact) mass is 786 g/mol. The summed E-state index contributed by atoms with van der Waals surface area (Å²) >= 11 is 0. The fourth-order valence-corrected chi connectivity index (χ4v) is 7.74. The molecular formula is C52H99NO3. The van der Waals surface area contributed by atoms with E-state index in [1.165, 1.54) is 218 Å². The van der Waals surface area contributed by atoms with Gasteiger partial charge in [-0.2, -0.15) is 0 Å². The second kappa shape index (κ2) is 48.0. The van der Waals surface area contributed by atoms with Crippen molar-refractivity contribution in [1.29, 1.82) is 0 Å². The third kappa shape index (κ3) is 43.7. The second-order valence-corrected chi connectivity index (χ2v) is 17.2. The molecule has 0 bridgehead atoms. The van der Waals surface area contributed by atoms with Crippen LogP contribution in [0.15, 0.2) is 36.5 Å². The topological polar surface area (TPSA) is 69.6 Å². The summed E-state index contributed by atoms with van der Waals surface area (Å²) in [6, 6.07) is -0.620. The number of unbranched alkanes of at least 4 members (excludes halogenated alkanes) is 35. The number of carbonyl (C=O) groups excluding carboxylic acids is 1. The molecule has 0 aliphatic rings. The average molecular weight is 786 g/mol. The van der Waals surface area contributed by atoms with E-state index >= 15 is 0 Å². The minimum Gasteiger partial charge on any atom is -0.394 e. The summed E-state index contributed by atoms with van der Waals surface area (Å²) in [5.41, 5.74) is 0. The van der Waals surface area contributed by atoms with E-state index in [0.717, 1.165) is 32.1 Å². The lowest BCUT2D eigenvalue weighted by Gasteiger charge is -2.20. The molecule has 0 saturated carbocycles. The van der Waals surface area contributed by atoms with Crippen LogP contribution in [0.1, 0.15) is 271 Å². The predicted molar refractivity (Wildman–Crippen MR) is 248 cm³/mol. The summed E-state index contributed by atoms with van der Waals surface area (Å²) < 4.78 is 0. The van der Waals surface area contributed by atoms with E-state index in [9.17, 15) is 15.0 Å². The van der Waals surface area contributed by atoms with Gasteiger partial charge in [-0.3, -0.25) is 4.79 Å². The van der Waals surface area contributed by atoms with Crippen molar-refractivity contribution in [2.75, 3.05) is 6.61 Å². The molecule has 0 fully saturated rings. The number of nitrogens with one attached hydrogen (secondary N) is 1. The highest BCUT2D eigenvalue weighted by atomic mass is 16.3. The number of aliphatic hydroxyl groups is 2. The number of amides is 1. The van der Waals surface area contributed by atoms with Crippen molar-refractivity contribution in [1.82, 2.24) is 5.32 Å². The third-order valence-corrected chi connectivity index (χ3v) is 11.6. The van der Waals surface area contributed by atoms with Crippen LogP contribution < -0.4 is 5.32 Å². The second-order valence-electron chi connectivity index (χ2n) is 17.2. The zero-order chi connectivity index (χ0) is 40.7. The van der Waals surface area contributed by atoms with Crippen molar-refractivity contribution in [2.24, 2.45) is 0 Å². The quantitative estimate of drug-likeness (QED) is 0.0425. The fourth-order valence-electron chi connectivity index (χ4n) is 7.74. The molecule has 0 rings (SSSR count). The number of hydrogen-bond donors (Lipinski definition) is 3. The van der Waals surface area contributed by atoms with Crippen molar-refractivity contribution in [3.05, 3.63) is 36.5 Å². The maximum atomic E-state index is 12.4. The van der Waals surface area contributed by atoms with E-state index in [1.807, 2.05) is 6.08 Å². The van der Waals surface area contributed by atoms with Gasteiger partial charge in [-0.15, -0.1) is 0 Å². The molecule has 0 aromatic carbocycles. The molecular weight excluding hydrogens is 687 g/mol. The Morgan fingerprint density at radius 1 is 0.429 bits per heavy atom. The summed E-state index contributed by atoms with van der Waals surface area (Å²) in [6.07, 6.45) is 64.2. The Bertz CT molecular complexity index is 851. The Morgan fingerprint density at radius 2 is 0.732 bits per heavy atom. The molecule has 1 amide bonds. The van der Waals surface area contributed by atoms with Crippen LogP contribution in [0, 0.1) is 0 Å². The molecule has 0 aromatic heterocycles. The largest absolute Gasteiger partial charge is 0.394 e. The number of hydrogen-bond acceptors (Lipinski definition) is 3. The molecule has 0 radical (unpaired) electrons. The van der Waals surface area contributed by atoms with Crippen LogP contribution in [0.2, 0.25) is 0 Å². The first-order valence-corrected chi connectivity index (χ1v) is 25.2. The van der Waals surface area contributed by atoms with Crippen molar-refractivity contribution >= 4 is 5.91 Å². The van der Waals surface area contributed by atoms with Gasteiger partial charge in [0, 0.05) is 6.42 Å². The van der Waals surface area contributed by atoms with Gasteiger partial charge in [-0.25, -0.2) is 0 Å². The molecule has 0 aliphatic carbocycles. The molecule has 0 saturated heterocycles.